The van der Waals surface area contributed by atoms with Crippen molar-refractivity contribution >= 4 is 21.8 Å². The van der Waals surface area contributed by atoms with Crippen LogP contribution in [0.15, 0.2) is 28.7 Å². The number of rotatable bonds is 5. The Labute approximate surface area is 128 Å². The molecule has 1 fully saturated rings. The van der Waals surface area contributed by atoms with Gasteiger partial charge in [-0.25, -0.2) is 0 Å². The Kier molecular flexibility index (Phi) is 5.43. The number of nitrogens with zero attached hydrogens (tertiary/aromatic N) is 1. The molecular weight excluding hydrogens is 320 g/mol. The lowest BCUT2D eigenvalue weighted by Crippen LogP contribution is -2.46. The van der Waals surface area contributed by atoms with Crippen molar-refractivity contribution in [1.82, 2.24) is 10.2 Å². The van der Waals surface area contributed by atoms with Crippen molar-refractivity contribution < 1.29 is 9.53 Å². The van der Waals surface area contributed by atoms with Crippen LogP contribution < -0.4 is 10.1 Å². The number of benzene rings is 1. The van der Waals surface area contributed by atoms with Crippen LogP contribution in [0.2, 0.25) is 0 Å². The Bertz CT molecular complexity index is 467. The van der Waals surface area contributed by atoms with E-state index in [1.165, 1.54) is 0 Å². The number of para-hydroxylation sites is 1. The van der Waals surface area contributed by atoms with Crippen LogP contribution >= 0.6 is 15.9 Å². The molecule has 0 aromatic heterocycles. The Morgan fingerprint density at radius 2 is 2.30 bits per heavy atom. The third-order valence-electron chi connectivity index (χ3n) is 3.59. The highest BCUT2D eigenvalue weighted by atomic mass is 79.9. The van der Waals surface area contributed by atoms with Crippen LogP contribution in [-0.2, 0) is 4.79 Å². The number of carbonyl (C=O) groups is 1. The summed E-state index contributed by atoms with van der Waals surface area (Å²) in [7, 11) is 1.92. The summed E-state index contributed by atoms with van der Waals surface area (Å²) in [5.41, 5.74) is 0. The van der Waals surface area contributed by atoms with E-state index in [1.54, 1.807) is 0 Å². The Morgan fingerprint density at radius 1 is 1.55 bits per heavy atom. The molecule has 1 saturated heterocycles. The van der Waals surface area contributed by atoms with E-state index in [2.05, 4.69) is 21.2 Å². The first-order valence-electron chi connectivity index (χ1n) is 6.99. The minimum absolute atomic E-state index is 0.0681. The van der Waals surface area contributed by atoms with E-state index in [4.69, 9.17) is 4.74 Å². The second-order valence-corrected chi connectivity index (χ2v) is 5.93. The molecule has 2 atom stereocenters. The molecule has 0 saturated carbocycles. The van der Waals surface area contributed by atoms with Crippen LogP contribution in [0.3, 0.4) is 0 Å². The quantitative estimate of drug-likeness (QED) is 0.894. The van der Waals surface area contributed by atoms with Crippen LogP contribution in [0.5, 0.6) is 5.75 Å². The van der Waals surface area contributed by atoms with Gasteiger partial charge in [0.25, 0.3) is 5.91 Å². The molecule has 1 aromatic rings. The van der Waals surface area contributed by atoms with Crippen molar-refractivity contribution in [3.05, 3.63) is 28.7 Å². The second kappa shape index (κ2) is 7.09. The number of ether oxygens (including phenoxy) is 1. The highest BCUT2D eigenvalue weighted by molar-refractivity contribution is 9.10. The molecule has 5 heteroatoms. The summed E-state index contributed by atoms with van der Waals surface area (Å²) >= 11 is 3.43. The standard InChI is InChI=1S/C15H21BrN2O2/c1-11(20-14-8-4-3-7-13(14)16)15(19)18-9-5-6-12(18)10-17-2/h3-4,7-8,11-12,17H,5-6,9-10H2,1-2H3/t11-,12-/m1/s1. The minimum atomic E-state index is -0.467. The van der Waals surface area contributed by atoms with E-state index >= 15 is 0 Å². The van der Waals surface area contributed by atoms with Gasteiger partial charge >= 0.3 is 0 Å². The van der Waals surface area contributed by atoms with E-state index < -0.39 is 6.10 Å². The largest absolute Gasteiger partial charge is 0.480 e. The van der Waals surface area contributed by atoms with Gasteiger partial charge in [-0.2, -0.15) is 0 Å². The highest BCUT2D eigenvalue weighted by Gasteiger charge is 2.31. The molecule has 1 N–H and O–H groups in total. The van der Waals surface area contributed by atoms with Gasteiger partial charge in [0.15, 0.2) is 6.10 Å². The lowest BCUT2D eigenvalue weighted by Gasteiger charge is -2.27. The molecule has 1 heterocycles. The molecule has 0 unspecified atom stereocenters. The highest BCUT2D eigenvalue weighted by Crippen LogP contribution is 2.26. The monoisotopic (exact) mass is 340 g/mol. The predicted octanol–water partition coefficient (Wildman–Crippen LogP) is 2.43. The van der Waals surface area contributed by atoms with Gasteiger partial charge in [-0.1, -0.05) is 12.1 Å². The third-order valence-corrected chi connectivity index (χ3v) is 4.24. The van der Waals surface area contributed by atoms with Gasteiger partial charge in [0.05, 0.1) is 4.47 Å². The first-order chi connectivity index (χ1) is 9.63. The number of hydrogen-bond acceptors (Lipinski definition) is 3. The number of hydrogen-bond donors (Lipinski definition) is 1. The smallest absolute Gasteiger partial charge is 0.263 e. The maximum absolute atomic E-state index is 12.5. The first kappa shape index (κ1) is 15.3. The van der Waals surface area contributed by atoms with Crippen LogP contribution in [0, 0.1) is 0 Å². The molecule has 0 radical (unpaired) electrons. The maximum atomic E-state index is 12.5. The summed E-state index contributed by atoms with van der Waals surface area (Å²) in [5, 5.41) is 3.15. The van der Waals surface area contributed by atoms with Crippen molar-refractivity contribution in [1.29, 1.82) is 0 Å². The van der Waals surface area contributed by atoms with Gasteiger partial charge in [-0.3, -0.25) is 4.79 Å². The number of amides is 1. The number of likely N-dealkylation sites (N-methyl/N-ethyl adjacent to an activating group) is 1. The zero-order valence-corrected chi connectivity index (χ0v) is 13.5. The summed E-state index contributed by atoms with van der Waals surface area (Å²) < 4.78 is 6.66. The van der Waals surface area contributed by atoms with Crippen LogP contribution in [0.1, 0.15) is 19.8 Å². The van der Waals surface area contributed by atoms with E-state index in [9.17, 15) is 4.79 Å². The number of likely N-dealkylation sites (tertiary alicyclic amines) is 1. The molecule has 0 aliphatic carbocycles. The predicted molar refractivity (Wildman–Crippen MR) is 82.9 cm³/mol. The molecule has 0 spiro atoms. The van der Waals surface area contributed by atoms with Gasteiger partial charge in [0, 0.05) is 19.1 Å². The summed E-state index contributed by atoms with van der Waals surface area (Å²) in [4.78, 5) is 14.4. The third kappa shape index (κ3) is 3.52. The molecule has 1 aliphatic heterocycles. The summed E-state index contributed by atoms with van der Waals surface area (Å²) in [6.07, 6.45) is 1.67. The van der Waals surface area contributed by atoms with Crippen molar-refractivity contribution in [3.8, 4) is 5.75 Å². The second-order valence-electron chi connectivity index (χ2n) is 5.08. The summed E-state index contributed by atoms with van der Waals surface area (Å²) in [6, 6.07) is 7.89. The topological polar surface area (TPSA) is 41.6 Å². The fourth-order valence-electron chi connectivity index (χ4n) is 2.59. The minimum Gasteiger partial charge on any atom is -0.480 e. The van der Waals surface area contributed by atoms with Crippen molar-refractivity contribution in [2.24, 2.45) is 0 Å². The Hall–Kier alpha value is -1.07. The molecule has 2 rings (SSSR count). The molecule has 110 valence electrons. The van der Waals surface area contributed by atoms with Crippen molar-refractivity contribution in [3.63, 3.8) is 0 Å². The summed E-state index contributed by atoms with van der Waals surface area (Å²) in [5.74, 6) is 0.774. The van der Waals surface area contributed by atoms with E-state index in [1.807, 2.05) is 43.1 Å². The van der Waals surface area contributed by atoms with Crippen LogP contribution in [0.25, 0.3) is 0 Å². The summed E-state index contributed by atoms with van der Waals surface area (Å²) in [6.45, 7) is 3.48. The Morgan fingerprint density at radius 3 is 3.00 bits per heavy atom. The zero-order chi connectivity index (χ0) is 14.5. The molecular formula is C15H21BrN2O2. The number of carbonyl (C=O) groups excluding carboxylic acids is 1. The van der Waals surface area contributed by atoms with E-state index in [0.29, 0.717) is 5.75 Å². The van der Waals surface area contributed by atoms with Gasteiger partial charge < -0.3 is 15.0 Å². The van der Waals surface area contributed by atoms with Crippen molar-refractivity contribution in [2.45, 2.75) is 31.9 Å². The van der Waals surface area contributed by atoms with E-state index in [-0.39, 0.29) is 11.9 Å². The van der Waals surface area contributed by atoms with E-state index in [0.717, 1.165) is 30.4 Å². The lowest BCUT2D eigenvalue weighted by molar-refractivity contribution is -0.138. The van der Waals surface area contributed by atoms with Gasteiger partial charge in [-0.15, -0.1) is 0 Å². The fraction of sp³-hybridized carbons (Fsp3) is 0.533. The molecule has 0 bridgehead atoms. The maximum Gasteiger partial charge on any atom is 0.263 e. The van der Waals surface area contributed by atoms with Crippen LogP contribution in [0.4, 0.5) is 0 Å². The SMILES string of the molecule is CNC[C@H]1CCCN1C(=O)[C@@H](C)Oc1ccccc1Br. The fourth-order valence-corrected chi connectivity index (χ4v) is 2.97. The van der Waals surface area contributed by atoms with Crippen LogP contribution in [-0.4, -0.2) is 43.1 Å². The average molecular weight is 341 g/mol. The molecule has 1 aliphatic rings. The zero-order valence-electron chi connectivity index (χ0n) is 11.9. The molecule has 20 heavy (non-hydrogen) atoms. The van der Waals surface area contributed by atoms with Gasteiger partial charge in [0.1, 0.15) is 5.75 Å². The normalized spacial score (nSPS) is 19.9. The van der Waals surface area contributed by atoms with Gasteiger partial charge in [0.2, 0.25) is 0 Å². The van der Waals surface area contributed by atoms with Gasteiger partial charge in [-0.05, 0) is 54.9 Å². The van der Waals surface area contributed by atoms with Crippen molar-refractivity contribution in [2.75, 3.05) is 20.1 Å². The number of nitrogens with one attached hydrogen (secondary N) is 1. The first-order valence-corrected chi connectivity index (χ1v) is 7.79. The number of halogens is 1. The average Bonchev–Trinajstić information content (AvgIpc) is 2.89. The molecule has 1 aromatic carbocycles. The Balaban J connectivity index is 2.00. The molecule has 4 nitrogen and oxygen atoms in total. The molecule has 1 amide bonds. The lowest BCUT2D eigenvalue weighted by atomic mass is 10.2.